The first-order valence-corrected chi connectivity index (χ1v) is 9.76. The van der Waals surface area contributed by atoms with Crippen LogP contribution in [0.15, 0.2) is 76.4 Å². The summed E-state index contributed by atoms with van der Waals surface area (Å²) in [4.78, 5) is 22.7. The molecular weight excluding hydrogens is 450 g/mol. The van der Waals surface area contributed by atoms with Gasteiger partial charge in [0.05, 0.1) is 21.7 Å². The van der Waals surface area contributed by atoms with Crippen LogP contribution in [0.25, 0.3) is 6.08 Å². The molecule has 0 spiro atoms. The number of carbonyl (C=O) groups is 1. The predicted molar refractivity (Wildman–Crippen MR) is 118 cm³/mol. The van der Waals surface area contributed by atoms with Gasteiger partial charge in [-0.3, -0.25) is 19.6 Å². The number of aromatic nitrogens is 2. The summed E-state index contributed by atoms with van der Waals surface area (Å²) < 4.78 is 2.10. The Hall–Kier alpha value is -3.59. The Kier molecular flexibility index (Phi) is 6.87. The van der Waals surface area contributed by atoms with Gasteiger partial charge < -0.3 is 0 Å². The summed E-state index contributed by atoms with van der Waals surface area (Å²) >= 11 is 3.33. The summed E-state index contributed by atoms with van der Waals surface area (Å²) in [5, 5.41) is 19.1. The van der Waals surface area contributed by atoms with E-state index in [4.69, 9.17) is 0 Å². The Morgan fingerprint density at radius 3 is 2.60 bits per heavy atom. The maximum absolute atomic E-state index is 12.4. The number of hydrazone groups is 1. The lowest BCUT2D eigenvalue weighted by molar-refractivity contribution is -0.384. The summed E-state index contributed by atoms with van der Waals surface area (Å²) in [5.41, 5.74) is 5.20. The summed E-state index contributed by atoms with van der Waals surface area (Å²) in [6.45, 7) is 2.15. The standard InChI is InChI=1S/C21H18BrN5O3/c1-15(7-8-16-5-3-2-4-6-16)23-24-21(28)20-19(22)14-26(25-20)13-17-9-11-18(12-10-17)27(29)30/h2-12,14H,13H2,1H3,(H,24,28)/b8-7+,23-15-. The Morgan fingerprint density at radius 1 is 1.23 bits per heavy atom. The van der Waals surface area contributed by atoms with Crippen molar-refractivity contribution in [3.8, 4) is 0 Å². The molecule has 9 heteroatoms. The molecule has 30 heavy (non-hydrogen) atoms. The van der Waals surface area contributed by atoms with Gasteiger partial charge >= 0.3 is 0 Å². The summed E-state index contributed by atoms with van der Waals surface area (Å²) in [7, 11) is 0. The highest BCUT2D eigenvalue weighted by molar-refractivity contribution is 9.10. The van der Waals surface area contributed by atoms with Gasteiger partial charge in [-0.1, -0.05) is 48.5 Å². The zero-order valence-corrected chi connectivity index (χ0v) is 17.6. The number of nitrogens with one attached hydrogen (secondary N) is 1. The number of nitrogens with zero attached hydrogens (tertiary/aromatic N) is 4. The van der Waals surface area contributed by atoms with Crippen LogP contribution in [-0.2, 0) is 6.54 Å². The zero-order valence-electron chi connectivity index (χ0n) is 16.0. The molecule has 0 unspecified atom stereocenters. The molecule has 152 valence electrons. The molecule has 3 rings (SSSR count). The van der Waals surface area contributed by atoms with Crippen LogP contribution in [0.2, 0.25) is 0 Å². The van der Waals surface area contributed by atoms with Crippen molar-refractivity contribution in [2.24, 2.45) is 5.10 Å². The molecule has 1 heterocycles. The van der Waals surface area contributed by atoms with Crippen LogP contribution in [0.5, 0.6) is 0 Å². The molecule has 0 aliphatic rings. The van der Waals surface area contributed by atoms with Gasteiger partial charge in [-0.05, 0) is 40.1 Å². The number of nitro groups is 1. The highest BCUT2D eigenvalue weighted by atomic mass is 79.9. The minimum atomic E-state index is -0.450. The third-order valence-electron chi connectivity index (χ3n) is 4.07. The predicted octanol–water partition coefficient (Wildman–Crippen LogP) is 4.42. The van der Waals surface area contributed by atoms with Crippen molar-refractivity contribution in [2.45, 2.75) is 13.5 Å². The lowest BCUT2D eigenvalue weighted by Gasteiger charge is -2.01. The molecule has 1 amide bonds. The molecule has 0 saturated carbocycles. The quantitative estimate of drug-likeness (QED) is 0.315. The molecule has 1 N–H and O–H groups in total. The van der Waals surface area contributed by atoms with Crippen molar-refractivity contribution in [3.05, 3.63) is 98.3 Å². The molecule has 0 fully saturated rings. The van der Waals surface area contributed by atoms with Gasteiger partial charge in [0.15, 0.2) is 5.69 Å². The van der Waals surface area contributed by atoms with Crippen LogP contribution in [0.1, 0.15) is 28.5 Å². The summed E-state index contributed by atoms with van der Waals surface area (Å²) in [5.74, 6) is -0.447. The second kappa shape index (κ2) is 9.75. The average molecular weight is 468 g/mol. The number of carbonyl (C=O) groups excluding carboxylic acids is 1. The second-order valence-corrected chi connectivity index (χ2v) is 7.24. The number of non-ortho nitro benzene ring substituents is 1. The van der Waals surface area contributed by atoms with E-state index in [1.807, 2.05) is 36.4 Å². The molecule has 0 saturated heterocycles. The Bertz CT molecular complexity index is 1110. The van der Waals surface area contributed by atoms with E-state index in [0.29, 0.717) is 16.7 Å². The van der Waals surface area contributed by atoms with E-state index in [2.05, 4.69) is 31.6 Å². The fourth-order valence-corrected chi connectivity index (χ4v) is 3.05. The second-order valence-electron chi connectivity index (χ2n) is 6.38. The fourth-order valence-electron chi connectivity index (χ4n) is 2.55. The van der Waals surface area contributed by atoms with Crippen LogP contribution < -0.4 is 5.43 Å². The topological polar surface area (TPSA) is 102 Å². The number of allylic oxidation sites excluding steroid dienone is 1. The number of hydrogen-bond acceptors (Lipinski definition) is 5. The van der Waals surface area contributed by atoms with Crippen molar-refractivity contribution in [2.75, 3.05) is 0 Å². The minimum absolute atomic E-state index is 0.0232. The van der Waals surface area contributed by atoms with Gasteiger partial charge in [-0.15, -0.1) is 0 Å². The van der Waals surface area contributed by atoms with Gasteiger partial charge in [0, 0.05) is 18.3 Å². The van der Waals surface area contributed by atoms with Crippen LogP contribution in [0.4, 0.5) is 5.69 Å². The first kappa shape index (κ1) is 21.1. The third kappa shape index (κ3) is 5.71. The SMILES string of the molecule is CC(/C=C/c1ccccc1)=N/NC(=O)c1nn(Cc2ccc([N+](=O)[O-])cc2)cc1Br. The number of hydrogen-bond donors (Lipinski definition) is 1. The fraction of sp³-hybridized carbons (Fsp3) is 0.0952. The number of rotatable bonds is 7. The molecule has 0 aliphatic carbocycles. The highest BCUT2D eigenvalue weighted by Crippen LogP contribution is 2.17. The number of nitro benzene ring substituents is 1. The van der Waals surface area contributed by atoms with Crippen LogP contribution in [0, 0.1) is 10.1 Å². The van der Waals surface area contributed by atoms with E-state index in [1.165, 1.54) is 12.1 Å². The van der Waals surface area contributed by atoms with Crippen molar-refractivity contribution in [1.82, 2.24) is 15.2 Å². The van der Waals surface area contributed by atoms with E-state index >= 15 is 0 Å². The van der Waals surface area contributed by atoms with E-state index in [9.17, 15) is 14.9 Å². The van der Waals surface area contributed by atoms with Crippen LogP contribution >= 0.6 is 15.9 Å². The maximum Gasteiger partial charge on any atom is 0.293 e. The Morgan fingerprint density at radius 2 is 1.93 bits per heavy atom. The summed E-state index contributed by atoms with van der Waals surface area (Å²) in [6.07, 6.45) is 5.37. The van der Waals surface area contributed by atoms with Crippen LogP contribution in [-0.4, -0.2) is 26.3 Å². The maximum atomic E-state index is 12.4. The number of benzene rings is 2. The van der Waals surface area contributed by atoms with Gasteiger partial charge in [0.2, 0.25) is 0 Å². The highest BCUT2D eigenvalue weighted by Gasteiger charge is 2.15. The molecule has 8 nitrogen and oxygen atoms in total. The monoisotopic (exact) mass is 467 g/mol. The largest absolute Gasteiger partial charge is 0.293 e. The smallest absolute Gasteiger partial charge is 0.266 e. The van der Waals surface area contributed by atoms with Crippen molar-refractivity contribution >= 4 is 39.3 Å². The molecule has 0 aliphatic heterocycles. The van der Waals surface area contributed by atoms with Crippen molar-refractivity contribution in [3.63, 3.8) is 0 Å². The Labute approximate surface area is 181 Å². The molecule has 0 atom stereocenters. The van der Waals surface area contributed by atoms with Crippen molar-refractivity contribution < 1.29 is 9.72 Å². The molecule has 0 radical (unpaired) electrons. The molecular formula is C21H18BrN5O3. The van der Waals surface area contributed by atoms with E-state index < -0.39 is 10.8 Å². The third-order valence-corrected chi connectivity index (χ3v) is 4.65. The molecule has 0 bridgehead atoms. The number of halogens is 1. The van der Waals surface area contributed by atoms with E-state index in [1.54, 1.807) is 36.0 Å². The first-order chi connectivity index (χ1) is 14.4. The average Bonchev–Trinajstić information content (AvgIpc) is 3.11. The van der Waals surface area contributed by atoms with Gasteiger partial charge in [-0.25, -0.2) is 5.43 Å². The summed E-state index contributed by atoms with van der Waals surface area (Å²) in [6, 6.07) is 15.9. The van der Waals surface area contributed by atoms with E-state index in [-0.39, 0.29) is 11.4 Å². The van der Waals surface area contributed by atoms with Crippen molar-refractivity contribution in [1.29, 1.82) is 0 Å². The Balaban J connectivity index is 1.63. The van der Waals surface area contributed by atoms with Crippen LogP contribution in [0.3, 0.4) is 0 Å². The molecule has 2 aromatic carbocycles. The molecule has 1 aromatic heterocycles. The van der Waals surface area contributed by atoms with Gasteiger partial charge in [-0.2, -0.15) is 10.2 Å². The van der Waals surface area contributed by atoms with Gasteiger partial charge in [0.25, 0.3) is 11.6 Å². The normalized spacial score (nSPS) is 11.6. The van der Waals surface area contributed by atoms with E-state index in [0.717, 1.165) is 11.1 Å². The lowest BCUT2D eigenvalue weighted by Crippen LogP contribution is -2.20. The van der Waals surface area contributed by atoms with Gasteiger partial charge in [0.1, 0.15) is 0 Å². The number of amides is 1. The lowest BCUT2D eigenvalue weighted by atomic mass is 10.2. The molecule has 3 aromatic rings. The minimum Gasteiger partial charge on any atom is -0.266 e. The zero-order chi connectivity index (χ0) is 21.5. The first-order valence-electron chi connectivity index (χ1n) is 8.96.